The smallest absolute Gasteiger partial charge is 0.350 e. The first-order valence-corrected chi connectivity index (χ1v) is 9.12. The molecule has 0 aliphatic rings. The van der Waals surface area contributed by atoms with Crippen LogP contribution in [-0.4, -0.2) is 9.56 Å². The second kappa shape index (κ2) is 6.83. The Balaban J connectivity index is 1.97. The van der Waals surface area contributed by atoms with Gasteiger partial charge >= 0.3 is 5.56 Å². The fraction of sp³-hybridized carbons (Fsp3) is 0.150. The fourth-order valence-electron chi connectivity index (χ4n) is 3.25. The number of nitrogens with zero attached hydrogens (tertiary/aromatic N) is 3. The van der Waals surface area contributed by atoms with Crippen molar-refractivity contribution in [2.24, 2.45) is 0 Å². The minimum absolute atomic E-state index is 0.126. The van der Waals surface area contributed by atoms with Gasteiger partial charge in [0.1, 0.15) is 24.1 Å². The summed E-state index contributed by atoms with van der Waals surface area (Å²) < 4.78 is 8.86. The number of rotatable bonds is 3. The molecule has 0 saturated carbocycles. The maximum Gasteiger partial charge on any atom is 0.350 e. The molecule has 0 fully saturated rings. The molecule has 4 rings (SSSR count). The zero-order chi connectivity index (χ0) is 19.1. The standard InChI is InChI=1S/C20H16Cl2N3O2/c1-12-19(13(2)27-23-12)16-11-24(10-14-6-7-15(21)9-17(14)22)18-5-3-4-8-25(18)20(16)26/h3-9,11H,10H2,1-2H3/q+1. The first-order chi connectivity index (χ1) is 13.0. The Bertz CT molecular complexity index is 1210. The van der Waals surface area contributed by atoms with Crippen molar-refractivity contribution in [2.75, 3.05) is 0 Å². The molecule has 0 radical (unpaired) electrons. The highest BCUT2D eigenvalue weighted by atomic mass is 35.5. The van der Waals surface area contributed by atoms with Gasteiger partial charge < -0.3 is 4.52 Å². The lowest BCUT2D eigenvalue weighted by molar-refractivity contribution is -0.665. The highest BCUT2D eigenvalue weighted by Gasteiger charge is 2.22. The molecular weight excluding hydrogens is 385 g/mol. The van der Waals surface area contributed by atoms with Gasteiger partial charge in [0.2, 0.25) is 0 Å². The van der Waals surface area contributed by atoms with Crippen molar-refractivity contribution in [2.45, 2.75) is 20.4 Å². The molecule has 0 aliphatic heterocycles. The van der Waals surface area contributed by atoms with Gasteiger partial charge in [0.15, 0.2) is 0 Å². The minimum atomic E-state index is -0.126. The quantitative estimate of drug-likeness (QED) is 0.483. The van der Waals surface area contributed by atoms with Crippen LogP contribution in [0.1, 0.15) is 17.0 Å². The number of hydrogen-bond acceptors (Lipinski definition) is 3. The summed E-state index contributed by atoms with van der Waals surface area (Å²) in [4.78, 5) is 13.1. The van der Waals surface area contributed by atoms with Gasteiger partial charge in [-0.1, -0.05) is 40.5 Å². The molecule has 3 heterocycles. The molecule has 4 aromatic rings. The van der Waals surface area contributed by atoms with Crippen molar-refractivity contribution < 1.29 is 9.09 Å². The number of fused-ring (bicyclic) bond motifs is 1. The van der Waals surface area contributed by atoms with E-state index >= 15 is 0 Å². The average Bonchev–Trinajstić information content (AvgIpc) is 2.98. The maximum atomic E-state index is 13.1. The second-order valence-corrected chi connectivity index (χ2v) is 7.18. The predicted octanol–water partition coefficient (Wildman–Crippen LogP) is 4.21. The molecular formula is C20H16Cl2N3O2+. The first-order valence-electron chi connectivity index (χ1n) is 8.36. The van der Waals surface area contributed by atoms with Crippen molar-refractivity contribution >= 4 is 28.8 Å². The van der Waals surface area contributed by atoms with E-state index in [-0.39, 0.29) is 5.56 Å². The summed E-state index contributed by atoms with van der Waals surface area (Å²) in [6, 6.07) is 11.0. The minimum Gasteiger partial charge on any atom is -0.361 e. The van der Waals surface area contributed by atoms with Crippen LogP contribution in [0.3, 0.4) is 0 Å². The molecule has 0 unspecified atom stereocenters. The summed E-state index contributed by atoms with van der Waals surface area (Å²) in [5.74, 6) is 0.608. The highest BCUT2D eigenvalue weighted by molar-refractivity contribution is 6.35. The van der Waals surface area contributed by atoms with Crippen molar-refractivity contribution in [3.8, 4) is 11.1 Å². The van der Waals surface area contributed by atoms with Gasteiger partial charge in [0, 0.05) is 21.7 Å². The van der Waals surface area contributed by atoms with Crippen LogP contribution >= 0.6 is 23.2 Å². The molecule has 0 saturated heterocycles. The van der Waals surface area contributed by atoms with Gasteiger partial charge in [-0.05, 0) is 32.0 Å². The molecule has 0 N–H and O–H groups in total. The third-order valence-electron chi connectivity index (χ3n) is 4.53. The molecule has 3 aromatic heterocycles. The van der Waals surface area contributed by atoms with Crippen LogP contribution < -0.4 is 10.1 Å². The number of benzene rings is 1. The molecule has 136 valence electrons. The monoisotopic (exact) mass is 400 g/mol. The van der Waals surface area contributed by atoms with Crippen molar-refractivity contribution in [3.63, 3.8) is 0 Å². The van der Waals surface area contributed by atoms with E-state index < -0.39 is 0 Å². The molecule has 0 amide bonds. The normalized spacial score (nSPS) is 11.3. The lowest BCUT2D eigenvalue weighted by Gasteiger charge is -2.08. The third kappa shape index (κ3) is 3.13. The Morgan fingerprint density at radius 1 is 1.19 bits per heavy atom. The topological polar surface area (TPSA) is 51.4 Å². The van der Waals surface area contributed by atoms with E-state index in [1.807, 2.05) is 42.0 Å². The van der Waals surface area contributed by atoms with Crippen LogP contribution in [-0.2, 0) is 6.54 Å². The molecule has 1 aromatic carbocycles. The number of aromatic nitrogens is 3. The van der Waals surface area contributed by atoms with E-state index in [1.165, 1.54) is 0 Å². The van der Waals surface area contributed by atoms with Gasteiger partial charge in [0.05, 0.1) is 17.5 Å². The Labute approximate surface area is 165 Å². The first kappa shape index (κ1) is 17.8. The lowest BCUT2D eigenvalue weighted by atomic mass is 10.1. The molecule has 0 atom stereocenters. The highest BCUT2D eigenvalue weighted by Crippen LogP contribution is 2.24. The molecule has 5 nitrogen and oxygen atoms in total. The van der Waals surface area contributed by atoms with Gasteiger partial charge in [-0.3, -0.25) is 0 Å². The fourth-order valence-corrected chi connectivity index (χ4v) is 3.71. The third-order valence-corrected chi connectivity index (χ3v) is 5.11. The Morgan fingerprint density at radius 3 is 2.70 bits per heavy atom. The molecule has 0 aliphatic carbocycles. The summed E-state index contributed by atoms with van der Waals surface area (Å²) in [6.45, 7) is 4.11. The van der Waals surface area contributed by atoms with Crippen LogP contribution in [0.5, 0.6) is 0 Å². The molecule has 0 spiro atoms. The van der Waals surface area contributed by atoms with Gasteiger partial charge in [-0.15, -0.1) is 0 Å². The lowest BCUT2D eigenvalue weighted by Crippen LogP contribution is -2.40. The Kier molecular flexibility index (Phi) is 4.50. The Hall–Kier alpha value is -2.63. The number of aryl methyl sites for hydroxylation is 2. The van der Waals surface area contributed by atoms with E-state index in [1.54, 1.807) is 29.7 Å². The zero-order valence-electron chi connectivity index (χ0n) is 14.7. The van der Waals surface area contributed by atoms with Gasteiger partial charge in [-0.2, -0.15) is 4.40 Å². The van der Waals surface area contributed by atoms with Gasteiger partial charge in [0.25, 0.3) is 5.65 Å². The van der Waals surface area contributed by atoms with Gasteiger partial charge in [-0.25, -0.2) is 9.36 Å². The average molecular weight is 401 g/mol. The van der Waals surface area contributed by atoms with Crippen molar-refractivity contribution in [1.29, 1.82) is 0 Å². The van der Waals surface area contributed by atoms with Crippen LogP contribution in [0.15, 0.2) is 58.1 Å². The Morgan fingerprint density at radius 2 is 2.00 bits per heavy atom. The summed E-state index contributed by atoms with van der Waals surface area (Å²) in [5.41, 5.74) is 3.45. The summed E-state index contributed by atoms with van der Waals surface area (Å²) in [6.07, 6.45) is 3.58. The van der Waals surface area contributed by atoms with Crippen LogP contribution in [0.2, 0.25) is 10.0 Å². The van der Waals surface area contributed by atoms with Crippen molar-refractivity contribution in [1.82, 2.24) is 9.56 Å². The number of hydrogen-bond donors (Lipinski definition) is 0. The second-order valence-electron chi connectivity index (χ2n) is 6.34. The van der Waals surface area contributed by atoms with E-state index in [2.05, 4.69) is 5.16 Å². The number of pyridine rings is 1. The van der Waals surface area contributed by atoms with E-state index in [0.29, 0.717) is 39.2 Å². The predicted molar refractivity (Wildman–Crippen MR) is 104 cm³/mol. The van der Waals surface area contributed by atoms with E-state index in [0.717, 1.165) is 11.2 Å². The maximum absolute atomic E-state index is 13.1. The summed E-state index contributed by atoms with van der Waals surface area (Å²) >= 11 is 12.4. The zero-order valence-corrected chi connectivity index (χ0v) is 16.3. The van der Waals surface area contributed by atoms with E-state index in [9.17, 15) is 4.79 Å². The SMILES string of the molecule is Cc1noc(C)c1-c1c[n+](Cc2ccc(Cl)cc2Cl)c2ccccn2c1=O. The number of halogens is 2. The molecule has 27 heavy (non-hydrogen) atoms. The summed E-state index contributed by atoms with van der Waals surface area (Å²) in [5, 5.41) is 5.14. The van der Waals surface area contributed by atoms with Crippen molar-refractivity contribution in [3.05, 3.63) is 86.2 Å². The van der Waals surface area contributed by atoms with Crippen LogP contribution in [0.4, 0.5) is 0 Å². The van der Waals surface area contributed by atoms with Crippen LogP contribution in [0.25, 0.3) is 16.8 Å². The van der Waals surface area contributed by atoms with Crippen LogP contribution in [0, 0.1) is 13.8 Å². The largest absolute Gasteiger partial charge is 0.361 e. The molecule has 7 heteroatoms. The summed E-state index contributed by atoms with van der Waals surface area (Å²) in [7, 11) is 0. The van der Waals surface area contributed by atoms with E-state index in [4.69, 9.17) is 27.7 Å². The molecule has 0 bridgehead atoms.